The lowest BCUT2D eigenvalue weighted by Gasteiger charge is -2.32. The molecule has 0 radical (unpaired) electrons. The van der Waals surface area contributed by atoms with E-state index in [1.54, 1.807) is 81.1 Å². The van der Waals surface area contributed by atoms with E-state index < -0.39 is 107 Å². The summed E-state index contributed by atoms with van der Waals surface area (Å²) in [6, 6.07) is 12.7. The number of carboxylic acid groups (broad SMARTS) is 3. The van der Waals surface area contributed by atoms with E-state index >= 15 is 0 Å². The number of guanidine groups is 1. The van der Waals surface area contributed by atoms with E-state index in [9.17, 15) is 81.9 Å². The number of amides is 9. The predicted molar refractivity (Wildman–Crippen MR) is 338 cm³/mol. The minimum Gasteiger partial charge on any atom is -0.508 e. The van der Waals surface area contributed by atoms with Crippen molar-refractivity contribution in [3.05, 3.63) is 95.1 Å². The molecule has 2 aliphatic heterocycles. The largest absolute Gasteiger partial charge is 0.508 e. The molecule has 2 aliphatic rings. The third-order valence-electron chi connectivity index (χ3n) is 15.2. The molecule has 5 rings (SSSR count). The number of hydrogen-bond donors (Lipinski definition) is 15. The number of halogens is 2. The fourth-order valence-electron chi connectivity index (χ4n) is 10.2. The smallest absolute Gasteiger partial charge is 0.321 e. The predicted octanol–water partition coefficient (Wildman–Crippen LogP) is -1.25. The Balaban J connectivity index is 1.06. The van der Waals surface area contributed by atoms with Crippen molar-refractivity contribution in [2.45, 2.75) is 88.9 Å². The molecule has 3 aromatic carbocycles. The lowest BCUT2D eigenvalue weighted by atomic mass is 9.90. The maximum Gasteiger partial charge on any atom is 0.321 e. The van der Waals surface area contributed by atoms with Crippen LogP contribution < -0.4 is 57.9 Å². The number of nitrogens with one attached hydrogen (secondary N) is 11. The molecule has 4 atom stereocenters. The Morgan fingerprint density at radius 1 is 0.589 bits per heavy atom. The molecule has 2 saturated heterocycles. The fraction of sp³-hybridized carbons (Fsp3) is 0.516. The van der Waals surface area contributed by atoms with Gasteiger partial charge in [-0.25, -0.2) is 13.6 Å². The maximum absolute atomic E-state index is 14.7. The number of carbonyl (C=O) groups is 11. The summed E-state index contributed by atoms with van der Waals surface area (Å²) in [6.07, 6.45) is 1.39. The molecule has 0 aliphatic carbocycles. The van der Waals surface area contributed by atoms with Gasteiger partial charge in [-0.2, -0.15) is 0 Å². The number of unbranched alkanes of at least 4 members (excludes halogenated alkanes) is 1. The van der Waals surface area contributed by atoms with Gasteiger partial charge in [-0.1, -0.05) is 49.4 Å². The Morgan fingerprint density at radius 3 is 1.72 bits per heavy atom. The van der Waals surface area contributed by atoms with Gasteiger partial charge in [-0.15, -0.1) is 0 Å². The molecule has 2 fully saturated rings. The highest BCUT2D eigenvalue weighted by Crippen LogP contribution is 2.29. The Kier molecular flexibility index (Phi) is 32.4. The van der Waals surface area contributed by atoms with E-state index in [4.69, 9.17) is 10.1 Å². The first-order valence-electron chi connectivity index (χ1n) is 31.3. The van der Waals surface area contributed by atoms with Crippen LogP contribution >= 0.6 is 0 Å². The Bertz CT molecular complexity index is 3060. The summed E-state index contributed by atoms with van der Waals surface area (Å²) in [5.74, 6) is -10.7. The van der Waals surface area contributed by atoms with E-state index in [1.807, 2.05) is 0 Å². The van der Waals surface area contributed by atoms with E-state index in [0.29, 0.717) is 41.9 Å². The summed E-state index contributed by atoms with van der Waals surface area (Å²) < 4.78 is 35.4. The average molecular weight is 1340 g/mol. The minimum atomic E-state index is -1.29. The van der Waals surface area contributed by atoms with Crippen molar-refractivity contribution in [3.63, 3.8) is 0 Å². The SMILES string of the molecule is CCC(=O)NCCNC(=O)NC(=N)NCCC[C@@H](NC(=O)[C@H](c1ccccc1)c1cccc(OCCCCNC(=O)C[C@H]2NC(=O)[C@@H](CCCNC(=O)CN3CCN(CC(=O)O)CCN(CC(=O)O)CCN(CC(=O)O)CC3)NC2=O)c1)C(=O)NCc1c(F)cc(O)cc1F. The summed E-state index contributed by atoms with van der Waals surface area (Å²) in [5.41, 5.74) is 0.484. The van der Waals surface area contributed by atoms with Crippen LogP contribution in [0.25, 0.3) is 0 Å². The molecule has 0 bridgehead atoms. The topological polar surface area (TPSA) is 435 Å². The molecule has 15 N–H and O–H groups in total. The van der Waals surface area contributed by atoms with Gasteiger partial charge in [0, 0.05) is 116 Å². The number of phenolic OH excluding ortho intramolecular Hbond substituents is 1. The Labute approximate surface area is 547 Å². The number of ether oxygens (including phenoxy) is 1. The van der Waals surface area contributed by atoms with Gasteiger partial charge in [0.05, 0.1) is 45.1 Å². The zero-order chi connectivity index (χ0) is 69.2. The first-order valence-corrected chi connectivity index (χ1v) is 31.3. The average Bonchev–Trinajstić information content (AvgIpc) is 0.846. The van der Waals surface area contributed by atoms with Crippen molar-refractivity contribution in [2.75, 3.05) is 118 Å². The number of carbonyl (C=O) groups excluding carboxylic acids is 8. The Hall–Kier alpha value is -9.60. The van der Waals surface area contributed by atoms with Crippen LogP contribution in [-0.4, -0.2) is 247 Å². The van der Waals surface area contributed by atoms with Gasteiger partial charge < -0.3 is 73.0 Å². The Morgan fingerprint density at radius 2 is 1.12 bits per heavy atom. The molecule has 31 nitrogen and oxygen atoms in total. The number of hydrogen-bond acceptors (Lipinski definition) is 18. The highest BCUT2D eigenvalue weighted by atomic mass is 19.1. The van der Waals surface area contributed by atoms with Crippen LogP contribution in [0.4, 0.5) is 13.6 Å². The van der Waals surface area contributed by atoms with Crippen LogP contribution in [0.1, 0.15) is 80.9 Å². The molecule has 0 unspecified atom stereocenters. The third-order valence-corrected chi connectivity index (χ3v) is 15.2. The highest BCUT2D eigenvalue weighted by molar-refractivity contribution is 5.99. The highest BCUT2D eigenvalue weighted by Gasteiger charge is 2.35. The van der Waals surface area contributed by atoms with Gasteiger partial charge in [-0.3, -0.25) is 78.3 Å². The number of piperazine rings is 1. The van der Waals surface area contributed by atoms with Gasteiger partial charge >= 0.3 is 23.9 Å². The lowest BCUT2D eigenvalue weighted by Crippen LogP contribution is -2.62. The molecular formula is C62H87F2N15O16. The van der Waals surface area contributed by atoms with E-state index in [1.165, 1.54) is 0 Å². The van der Waals surface area contributed by atoms with Gasteiger partial charge in [-0.05, 0) is 61.8 Å². The van der Waals surface area contributed by atoms with Crippen LogP contribution in [0, 0.1) is 17.0 Å². The molecule has 95 heavy (non-hydrogen) atoms. The van der Waals surface area contributed by atoms with Crippen LogP contribution in [0.5, 0.6) is 11.5 Å². The van der Waals surface area contributed by atoms with Crippen molar-refractivity contribution in [1.29, 1.82) is 5.41 Å². The van der Waals surface area contributed by atoms with Crippen molar-refractivity contribution in [3.8, 4) is 11.5 Å². The van der Waals surface area contributed by atoms with Crippen LogP contribution in [0.15, 0.2) is 66.7 Å². The number of aliphatic carboxylic acids is 3. The summed E-state index contributed by atoms with van der Waals surface area (Å²) in [5, 5.41) is 72.3. The summed E-state index contributed by atoms with van der Waals surface area (Å²) in [7, 11) is 0. The van der Waals surface area contributed by atoms with Gasteiger partial charge in [0.15, 0.2) is 5.96 Å². The van der Waals surface area contributed by atoms with Crippen molar-refractivity contribution >= 4 is 71.2 Å². The van der Waals surface area contributed by atoms with Crippen LogP contribution in [-0.2, 0) is 54.5 Å². The quantitative estimate of drug-likeness (QED) is 0.0186. The molecule has 0 aromatic heterocycles. The van der Waals surface area contributed by atoms with Gasteiger partial charge in [0.1, 0.15) is 41.3 Å². The monoisotopic (exact) mass is 1340 g/mol. The second-order valence-electron chi connectivity index (χ2n) is 22.6. The van der Waals surface area contributed by atoms with Gasteiger partial charge in [0.25, 0.3) is 0 Å². The number of phenols is 1. The van der Waals surface area contributed by atoms with Crippen molar-refractivity contribution < 1.29 is 86.7 Å². The second kappa shape index (κ2) is 40.5. The number of nitrogens with zero attached hydrogens (tertiary/aromatic N) is 4. The molecular weight excluding hydrogens is 1250 g/mol. The molecule has 0 spiro atoms. The van der Waals surface area contributed by atoms with Gasteiger partial charge in [0.2, 0.25) is 41.4 Å². The van der Waals surface area contributed by atoms with Crippen molar-refractivity contribution in [1.82, 2.24) is 72.8 Å². The molecule has 520 valence electrons. The minimum absolute atomic E-state index is 0.0347. The molecule has 9 amide bonds. The zero-order valence-electron chi connectivity index (χ0n) is 53.0. The number of urea groups is 1. The summed E-state index contributed by atoms with van der Waals surface area (Å²) in [6.45, 7) is 2.72. The van der Waals surface area contributed by atoms with Crippen LogP contribution in [0.3, 0.4) is 0 Å². The van der Waals surface area contributed by atoms with Crippen LogP contribution in [0.2, 0.25) is 0 Å². The standard InChI is InChI=1S/C62H87F2N15O16/c1-2-50(81)68-20-21-70-62(94)75-61(65)69-19-10-15-47(57(90)71-35-44-45(63)32-42(80)33-46(44)64)73-60(93)56(40-11-4-3-5-12-40)41-13-8-14-43(31-41)95-30-7-6-17-66-51(82)34-49-59(92)72-48(58(91)74-49)16-9-18-67-52(83)36-76-22-24-77(37-53(84)85)26-28-79(39-55(88)89)29-27-78(25-23-76)38-54(86)87/h3-5,8,11-14,31-33,47-49,56,80H,2,6-7,9-10,15-30,34-39H2,1H3,(H,66,82)(H,67,83)(H,68,81)(H,71,90)(H,72,92)(H,73,93)(H,74,91)(H,84,85)(H,86,87)(H,88,89)(H4,65,69,70,75,94)/t47-,48-,49-,56-/m1/s1. The van der Waals surface area contributed by atoms with E-state index in [-0.39, 0.29) is 174 Å². The number of rotatable bonds is 35. The zero-order valence-corrected chi connectivity index (χ0v) is 53.0. The number of carboxylic acids is 3. The normalized spacial score (nSPS) is 16.5. The first kappa shape index (κ1) is 76.1. The number of aromatic hydroxyl groups is 1. The maximum atomic E-state index is 14.7. The molecule has 3 aromatic rings. The molecule has 0 saturated carbocycles. The lowest BCUT2D eigenvalue weighted by molar-refractivity contribution is -0.140. The third kappa shape index (κ3) is 28.7. The van der Waals surface area contributed by atoms with E-state index in [2.05, 4.69) is 53.2 Å². The fourth-order valence-corrected chi connectivity index (χ4v) is 10.2. The number of benzene rings is 3. The second-order valence-corrected chi connectivity index (χ2v) is 22.6. The first-order chi connectivity index (χ1) is 45.5. The van der Waals surface area contributed by atoms with Crippen molar-refractivity contribution in [2.24, 2.45) is 0 Å². The van der Waals surface area contributed by atoms with E-state index in [0.717, 1.165) is 0 Å². The summed E-state index contributed by atoms with van der Waals surface area (Å²) >= 11 is 0. The summed E-state index contributed by atoms with van der Waals surface area (Å²) in [4.78, 5) is 146. The molecule has 2 heterocycles. The molecule has 33 heteroatoms.